The number of hydrogen-bond donors (Lipinski definition) is 1. The minimum Gasteiger partial charge on any atom is -0.485 e. The van der Waals surface area contributed by atoms with E-state index in [1.165, 1.54) is 12.3 Å². The van der Waals surface area contributed by atoms with Gasteiger partial charge in [-0.15, -0.1) is 0 Å². The third kappa shape index (κ3) is 3.14. The van der Waals surface area contributed by atoms with Crippen LogP contribution in [0.15, 0.2) is 24.5 Å². The maximum absolute atomic E-state index is 14.4. The van der Waals surface area contributed by atoms with Gasteiger partial charge in [-0.05, 0) is 31.4 Å². The molecule has 0 saturated carbocycles. The molecule has 2 aromatic rings. The summed E-state index contributed by atoms with van der Waals surface area (Å²) in [5.74, 6) is -0.298. The van der Waals surface area contributed by atoms with E-state index in [4.69, 9.17) is 10.5 Å². The summed E-state index contributed by atoms with van der Waals surface area (Å²) >= 11 is 0. The molecule has 0 unspecified atom stereocenters. The highest BCUT2D eigenvalue weighted by molar-refractivity contribution is 5.92. The molecule has 6 nitrogen and oxygen atoms in total. The average Bonchev–Trinajstić information content (AvgIpc) is 3.12. The molecule has 1 aromatic heterocycles. The second kappa shape index (κ2) is 6.99. The first-order valence-corrected chi connectivity index (χ1v) is 8.96. The first-order chi connectivity index (χ1) is 12.7. The molecule has 4 rings (SSSR count). The Bertz CT molecular complexity index is 836. The molecule has 1 saturated heterocycles. The number of carbonyl (C=O) groups is 1. The lowest BCUT2D eigenvalue weighted by atomic mass is 10.0. The summed E-state index contributed by atoms with van der Waals surface area (Å²) in [4.78, 5) is 23.0. The molecule has 0 aliphatic carbocycles. The minimum atomic E-state index is -0.442. The number of nitrogens with zero attached hydrogens (tertiary/aromatic N) is 3. The van der Waals surface area contributed by atoms with Gasteiger partial charge >= 0.3 is 0 Å². The molecule has 3 heterocycles. The van der Waals surface area contributed by atoms with Gasteiger partial charge in [0, 0.05) is 37.2 Å². The summed E-state index contributed by atoms with van der Waals surface area (Å²) < 4.78 is 19.9. The van der Waals surface area contributed by atoms with Gasteiger partial charge in [0.15, 0.2) is 11.6 Å². The highest BCUT2D eigenvalue weighted by Gasteiger charge is 2.26. The standard InChI is InChI=1S/C19H21FN4O2/c20-15-8-12(6-13-7-14(9-21)26-18(13)15)16-10-22-11-17(23-16)19(25)24-4-2-1-3-5-24/h6,8,10-11,14H,1-5,7,9,21H2/t14-/m0/s1. The maximum atomic E-state index is 14.4. The first-order valence-electron chi connectivity index (χ1n) is 8.96. The van der Waals surface area contributed by atoms with Gasteiger partial charge in [-0.25, -0.2) is 9.37 Å². The van der Waals surface area contributed by atoms with E-state index in [9.17, 15) is 9.18 Å². The van der Waals surface area contributed by atoms with Crippen molar-refractivity contribution >= 4 is 5.91 Å². The second-order valence-electron chi connectivity index (χ2n) is 6.77. The van der Waals surface area contributed by atoms with E-state index < -0.39 is 5.82 Å². The van der Waals surface area contributed by atoms with Crippen LogP contribution >= 0.6 is 0 Å². The number of carbonyl (C=O) groups excluding carboxylic acids is 1. The zero-order valence-corrected chi connectivity index (χ0v) is 14.4. The lowest BCUT2D eigenvalue weighted by Crippen LogP contribution is -2.36. The number of amides is 1. The predicted octanol–water partition coefficient (Wildman–Crippen LogP) is 2.17. The molecule has 2 aliphatic rings. The van der Waals surface area contributed by atoms with E-state index in [0.717, 1.165) is 37.9 Å². The zero-order chi connectivity index (χ0) is 18.1. The van der Waals surface area contributed by atoms with Crippen LogP contribution in [0.25, 0.3) is 11.3 Å². The maximum Gasteiger partial charge on any atom is 0.274 e. The largest absolute Gasteiger partial charge is 0.485 e. The molecule has 1 fully saturated rings. The van der Waals surface area contributed by atoms with E-state index in [-0.39, 0.29) is 17.8 Å². The highest BCUT2D eigenvalue weighted by Crippen LogP contribution is 2.35. The molecular formula is C19H21FN4O2. The lowest BCUT2D eigenvalue weighted by molar-refractivity contribution is 0.0718. The highest BCUT2D eigenvalue weighted by atomic mass is 19.1. The van der Waals surface area contributed by atoms with Gasteiger partial charge in [-0.3, -0.25) is 9.78 Å². The van der Waals surface area contributed by atoms with Gasteiger partial charge in [0.1, 0.15) is 11.8 Å². The molecule has 0 bridgehead atoms. The quantitative estimate of drug-likeness (QED) is 0.911. The number of nitrogens with two attached hydrogens (primary N) is 1. The van der Waals surface area contributed by atoms with Crippen LogP contribution < -0.4 is 10.5 Å². The Labute approximate surface area is 151 Å². The lowest BCUT2D eigenvalue weighted by Gasteiger charge is -2.26. The fourth-order valence-corrected chi connectivity index (χ4v) is 3.53. The number of aromatic nitrogens is 2. The van der Waals surface area contributed by atoms with Crippen molar-refractivity contribution in [3.05, 3.63) is 41.6 Å². The molecule has 1 atom stereocenters. The monoisotopic (exact) mass is 356 g/mol. The van der Waals surface area contributed by atoms with Crippen LogP contribution in [0.4, 0.5) is 4.39 Å². The van der Waals surface area contributed by atoms with Crippen molar-refractivity contribution in [3.63, 3.8) is 0 Å². The molecule has 26 heavy (non-hydrogen) atoms. The Kier molecular flexibility index (Phi) is 4.55. The van der Waals surface area contributed by atoms with E-state index in [0.29, 0.717) is 29.9 Å². The van der Waals surface area contributed by atoms with Gasteiger partial charge in [-0.1, -0.05) is 0 Å². The van der Waals surface area contributed by atoms with Crippen molar-refractivity contribution in [2.45, 2.75) is 31.8 Å². The number of rotatable bonds is 3. The number of ether oxygens (including phenoxy) is 1. The van der Waals surface area contributed by atoms with Crippen LogP contribution in [0.2, 0.25) is 0 Å². The van der Waals surface area contributed by atoms with Crippen molar-refractivity contribution in [1.29, 1.82) is 0 Å². The van der Waals surface area contributed by atoms with Crippen LogP contribution in [0.5, 0.6) is 5.75 Å². The van der Waals surface area contributed by atoms with Gasteiger partial charge < -0.3 is 15.4 Å². The van der Waals surface area contributed by atoms with Crippen LogP contribution in [0.3, 0.4) is 0 Å². The predicted molar refractivity (Wildman–Crippen MR) is 94.4 cm³/mol. The van der Waals surface area contributed by atoms with Crippen LogP contribution in [-0.4, -0.2) is 46.5 Å². The Morgan fingerprint density at radius 2 is 2.08 bits per heavy atom. The Balaban J connectivity index is 1.63. The Morgan fingerprint density at radius 1 is 1.27 bits per heavy atom. The number of likely N-dealkylation sites (tertiary alicyclic amines) is 1. The van der Waals surface area contributed by atoms with Crippen LogP contribution in [-0.2, 0) is 6.42 Å². The van der Waals surface area contributed by atoms with Crippen molar-refractivity contribution in [3.8, 4) is 17.0 Å². The zero-order valence-electron chi connectivity index (χ0n) is 14.4. The molecular weight excluding hydrogens is 335 g/mol. The van der Waals surface area contributed by atoms with E-state index in [1.54, 1.807) is 11.1 Å². The summed E-state index contributed by atoms with van der Waals surface area (Å²) in [6.07, 6.45) is 6.55. The fraction of sp³-hybridized carbons (Fsp3) is 0.421. The minimum absolute atomic E-state index is 0.118. The molecule has 0 radical (unpaired) electrons. The summed E-state index contributed by atoms with van der Waals surface area (Å²) in [6, 6.07) is 3.21. The van der Waals surface area contributed by atoms with Crippen molar-refractivity contribution < 1.29 is 13.9 Å². The molecule has 1 aromatic carbocycles. The summed E-state index contributed by atoms with van der Waals surface area (Å²) in [6.45, 7) is 1.83. The van der Waals surface area contributed by atoms with Crippen molar-refractivity contribution in [2.75, 3.05) is 19.6 Å². The molecule has 7 heteroatoms. The SMILES string of the molecule is NC[C@@H]1Cc2cc(-c3cncc(C(=O)N4CCCCC4)n3)cc(F)c2O1. The van der Waals surface area contributed by atoms with E-state index in [1.807, 2.05) is 6.07 Å². The van der Waals surface area contributed by atoms with Crippen molar-refractivity contribution in [1.82, 2.24) is 14.9 Å². The fourth-order valence-electron chi connectivity index (χ4n) is 3.53. The third-order valence-electron chi connectivity index (χ3n) is 4.91. The van der Waals surface area contributed by atoms with Crippen LogP contribution in [0, 0.1) is 5.82 Å². The number of halogens is 1. The van der Waals surface area contributed by atoms with E-state index >= 15 is 0 Å². The van der Waals surface area contributed by atoms with E-state index in [2.05, 4.69) is 9.97 Å². The Hall–Kier alpha value is -2.54. The first kappa shape index (κ1) is 16.9. The molecule has 136 valence electrons. The van der Waals surface area contributed by atoms with Gasteiger partial charge in [0.2, 0.25) is 0 Å². The summed E-state index contributed by atoms with van der Waals surface area (Å²) in [5, 5.41) is 0. The number of fused-ring (bicyclic) bond motifs is 1. The number of hydrogen-bond acceptors (Lipinski definition) is 5. The van der Waals surface area contributed by atoms with Crippen molar-refractivity contribution in [2.24, 2.45) is 5.73 Å². The second-order valence-corrected chi connectivity index (χ2v) is 6.77. The normalized spacial score (nSPS) is 19.2. The average molecular weight is 356 g/mol. The Morgan fingerprint density at radius 3 is 2.85 bits per heavy atom. The third-order valence-corrected chi connectivity index (χ3v) is 4.91. The summed E-state index contributed by atoms with van der Waals surface area (Å²) in [5.41, 5.74) is 7.75. The molecule has 2 N–H and O–H groups in total. The van der Waals surface area contributed by atoms with Gasteiger partial charge in [0.05, 0.1) is 18.1 Å². The molecule has 0 spiro atoms. The van der Waals surface area contributed by atoms with Gasteiger partial charge in [-0.2, -0.15) is 0 Å². The number of benzene rings is 1. The number of piperidine rings is 1. The molecule has 1 amide bonds. The molecule has 2 aliphatic heterocycles. The van der Waals surface area contributed by atoms with Gasteiger partial charge in [0.25, 0.3) is 5.91 Å². The smallest absolute Gasteiger partial charge is 0.274 e. The van der Waals surface area contributed by atoms with Crippen LogP contribution in [0.1, 0.15) is 35.3 Å². The topological polar surface area (TPSA) is 81.3 Å². The summed E-state index contributed by atoms with van der Waals surface area (Å²) in [7, 11) is 0.